The molecule has 1 N–H and O–H groups in total. The van der Waals surface area contributed by atoms with Gasteiger partial charge in [0.1, 0.15) is 0 Å². The van der Waals surface area contributed by atoms with E-state index in [-0.39, 0.29) is 17.9 Å². The van der Waals surface area contributed by atoms with E-state index in [0.29, 0.717) is 23.5 Å². The van der Waals surface area contributed by atoms with Gasteiger partial charge >= 0.3 is 0 Å². The Kier molecular flexibility index (Phi) is 6.90. The lowest BCUT2D eigenvalue weighted by Crippen LogP contribution is -2.39. The van der Waals surface area contributed by atoms with Gasteiger partial charge in [-0.05, 0) is 50.3 Å². The Hall–Kier alpha value is -3.54. The lowest BCUT2D eigenvalue weighted by atomic mass is 9.99. The lowest BCUT2D eigenvalue weighted by molar-refractivity contribution is -0.135. The lowest BCUT2D eigenvalue weighted by Gasteiger charge is -2.35. The summed E-state index contributed by atoms with van der Waals surface area (Å²) in [4.78, 5) is 36.8. The number of anilines is 1. The smallest absolute Gasteiger partial charge is 0.259 e. The van der Waals surface area contributed by atoms with Gasteiger partial charge in [-0.2, -0.15) is 0 Å². The first kappa shape index (κ1) is 21.7. The van der Waals surface area contributed by atoms with Crippen molar-refractivity contribution in [3.8, 4) is 0 Å². The van der Waals surface area contributed by atoms with Crippen LogP contribution in [0.25, 0.3) is 0 Å². The topological polar surface area (TPSA) is 75.2 Å². The third kappa shape index (κ3) is 5.19. The van der Waals surface area contributed by atoms with Crippen LogP contribution in [-0.4, -0.2) is 33.2 Å². The molecule has 0 aliphatic carbocycles. The molecule has 2 amide bonds. The number of benzene rings is 2. The van der Waals surface area contributed by atoms with Crippen LogP contribution in [0.1, 0.15) is 59.2 Å². The van der Waals surface area contributed by atoms with Crippen molar-refractivity contribution in [1.29, 1.82) is 0 Å². The number of carbonyl (C=O) groups is 2. The number of aryl methyl sites for hydroxylation is 2. The fraction of sp³-hybridized carbons (Fsp3) is 0.308. The van der Waals surface area contributed by atoms with Crippen LogP contribution in [-0.2, 0) is 11.2 Å². The minimum Gasteiger partial charge on any atom is -0.332 e. The molecule has 164 valence electrons. The van der Waals surface area contributed by atoms with Gasteiger partial charge in [0.25, 0.3) is 5.91 Å². The van der Waals surface area contributed by atoms with Crippen molar-refractivity contribution in [3.63, 3.8) is 0 Å². The summed E-state index contributed by atoms with van der Waals surface area (Å²) in [6.07, 6.45) is 5.64. The Morgan fingerprint density at radius 2 is 1.75 bits per heavy atom. The molecule has 4 rings (SSSR count). The van der Waals surface area contributed by atoms with E-state index in [1.165, 1.54) is 0 Å². The van der Waals surface area contributed by atoms with Crippen LogP contribution < -0.4 is 5.32 Å². The van der Waals surface area contributed by atoms with Crippen LogP contribution in [0.2, 0.25) is 0 Å². The summed E-state index contributed by atoms with van der Waals surface area (Å²) < 4.78 is 0. The summed E-state index contributed by atoms with van der Waals surface area (Å²) in [6, 6.07) is 19.2. The molecule has 0 saturated carbocycles. The van der Waals surface area contributed by atoms with E-state index < -0.39 is 0 Å². The first-order valence-corrected chi connectivity index (χ1v) is 11.1. The summed E-state index contributed by atoms with van der Waals surface area (Å²) in [7, 11) is 0. The van der Waals surface area contributed by atoms with Gasteiger partial charge in [0.05, 0.1) is 17.3 Å². The molecule has 0 bridgehead atoms. The van der Waals surface area contributed by atoms with Gasteiger partial charge in [-0.25, -0.2) is 9.97 Å². The van der Waals surface area contributed by atoms with Crippen molar-refractivity contribution in [2.75, 3.05) is 11.9 Å². The van der Waals surface area contributed by atoms with Crippen molar-refractivity contribution >= 4 is 17.5 Å². The molecule has 6 nitrogen and oxygen atoms in total. The van der Waals surface area contributed by atoms with Crippen LogP contribution in [0.3, 0.4) is 0 Å². The molecule has 0 unspecified atom stereocenters. The van der Waals surface area contributed by atoms with Crippen molar-refractivity contribution in [3.05, 3.63) is 89.5 Å². The van der Waals surface area contributed by atoms with E-state index in [2.05, 4.69) is 15.3 Å². The number of nitrogens with zero attached hydrogens (tertiary/aromatic N) is 3. The maximum atomic E-state index is 13.0. The molecular weight excluding hydrogens is 400 g/mol. The van der Waals surface area contributed by atoms with E-state index in [9.17, 15) is 9.59 Å². The van der Waals surface area contributed by atoms with Crippen LogP contribution >= 0.6 is 0 Å². The van der Waals surface area contributed by atoms with E-state index in [4.69, 9.17) is 0 Å². The van der Waals surface area contributed by atoms with Gasteiger partial charge in [-0.3, -0.25) is 9.59 Å². The molecule has 1 aliphatic heterocycles. The average molecular weight is 429 g/mol. The van der Waals surface area contributed by atoms with Crippen molar-refractivity contribution in [2.24, 2.45) is 0 Å². The van der Waals surface area contributed by atoms with Crippen LogP contribution in [0.5, 0.6) is 0 Å². The molecule has 32 heavy (non-hydrogen) atoms. The quantitative estimate of drug-likeness (QED) is 0.616. The van der Waals surface area contributed by atoms with Crippen LogP contribution in [0.15, 0.2) is 66.9 Å². The number of carbonyl (C=O) groups excluding carboxylic acids is 2. The van der Waals surface area contributed by atoms with Crippen molar-refractivity contribution < 1.29 is 9.59 Å². The molecule has 3 aromatic rings. The highest BCUT2D eigenvalue weighted by Crippen LogP contribution is 2.30. The second kappa shape index (κ2) is 10.2. The fourth-order valence-corrected chi connectivity index (χ4v) is 4.13. The van der Waals surface area contributed by atoms with Gasteiger partial charge in [0.15, 0.2) is 5.82 Å². The first-order valence-electron chi connectivity index (χ1n) is 11.1. The number of rotatable bonds is 6. The number of hydrogen-bond acceptors (Lipinski definition) is 4. The zero-order chi connectivity index (χ0) is 22.3. The third-order valence-corrected chi connectivity index (χ3v) is 5.87. The summed E-state index contributed by atoms with van der Waals surface area (Å²) in [5.41, 5.74) is 2.94. The Labute approximate surface area is 188 Å². The zero-order valence-electron chi connectivity index (χ0n) is 18.3. The van der Waals surface area contributed by atoms with E-state index in [1.54, 1.807) is 6.20 Å². The summed E-state index contributed by atoms with van der Waals surface area (Å²) in [5, 5.41) is 2.87. The molecule has 1 aliphatic rings. The Bertz CT molecular complexity index is 1070. The van der Waals surface area contributed by atoms with Gasteiger partial charge in [-0.15, -0.1) is 0 Å². The number of likely N-dealkylation sites (tertiary alicyclic amines) is 1. The maximum Gasteiger partial charge on any atom is 0.259 e. The fourth-order valence-electron chi connectivity index (χ4n) is 4.13. The normalized spacial score (nSPS) is 15.9. The van der Waals surface area contributed by atoms with E-state index in [1.807, 2.05) is 72.5 Å². The monoisotopic (exact) mass is 428 g/mol. The van der Waals surface area contributed by atoms with Gasteiger partial charge in [-0.1, -0.05) is 48.5 Å². The molecule has 1 saturated heterocycles. The molecule has 0 spiro atoms. The predicted octanol–water partition coefficient (Wildman–Crippen LogP) is 4.72. The molecule has 1 atom stereocenters. The van der Waals surface area contributed by atoms with Crippen molar-refractivity contribution in [1.82, 2.24) is 14.9 Å². The third-order valence-electron chi connectivity index (χ3n) is 5.87. The number of piperidine rings is 1. The predicted molar refractivity (Wildman–Crippen MR) is 124 cm³/mol. The van der Waals surface area contributed by atoms with Gasteiger partial charge in [0.2, 0.25) is 5.91 Å². The molecule has 6 heteroatoms. The highest BCUT2D eigenvalue weighted by molar-refractivity contribution is 6.04. The highest BCUT2D eigenvalue weighted by atomic mass is 16.2. The Morgan fingerprint density at radius 3 is 2.47 bits per heavy atom. The minimum absolute atomic E-state index is 0.130. The highest BCUT2D eigenvalue weighted by Gasteiger charge is 2.30. The average Bonchev–Trinajstić information content (AvgIpc) is 2.83. The SMILES string of the molecule is Cc1nc([C@@H]2CCCCN2C(=O)CCc2ccccc2)ncc1C(=O)Nc1ccccc1. The van der Waals surface area contributed by atoms with Gasteiger partial charge < -0.3 is 10.2 Å². The Balaban J connectivity index is 1.46. The van der Waals surface area contributed by atoms with Crippen molar-refractivity contribution in [2.45, 2.75) is 45.1 Å². The molecule has 1 fully saturated rings. The van der Waals surface area contributed by atoms with Crippen LogP contribution in [0, 0.1) is 6.92 Å². The molecule has 2 heterocycles. The van der Waals surface area contributed by atoms with Gasteiger partial charge in [0, 0.05) is 24.8 Å². The zero-order valence-corrected chi connectivity index (χ0v) is 18.3. The molecular formula is C26H28N4O2. The first-order chi connectivity index (χ1) is 15.6. The van der Waals surface area contributed by atoms with E-state index >= 15 is 0 Å². The summed E-state index contributed by atoms with van der Waals surface area (Å²) in [5.74, 6) is 0.511. The second-order valence-corrected chi connectivity index (χ2v) is 8.13. The number of aromatic nitrogens is 2. The second-order valence-electron chi connectivity index (χ2n) is 8.13. The molecule has 1 aromatic heterocycles. The Morgan fingerprint density at radius 1 is 1.03 bits per heavy atom. The molecule has 0 radical (unpaired) electrons. The summed E-state index contributed by atoms with van der Waals surface area (Å²) >= 11 is 0. The molecule has 2 aromatic carbocycles. The van der Waals surface area contributed by atoms with Crippen LogP contribution in [0.4, 0.5) is 5.69 Å². The number of nitrogens with one attached hydrogen (secondary N) is 1. The number of hydrogen-bond donors (Lipinski definition) is 1. The number of amides is 2. The minimum atomic E-state index is -0.236. The largest absolute Gasteiger partial charge is 0.332 e. The standard InChI is InChI=1S/C26H28N4O2/c1-19-22(26(32)29-21-12-6-3-7-13-21)18-27-25(28-19)23-14-8-9-17-30(23)24(31)16-15-20-10-4-2-5-11-20/h2-7,10-13,18,23H,8-9,14-17H2,1H3,(H,29,32)/t23-/m0/s1. The summed E-state index contributed by atoms with van der Waals surface area (Å²) in [6.45, 7) is 2.53. The maximum absolute atomic E-state index is 13.0. The number of para-hydroxylation sites is 1. The van der Waals surface area contributed by atoms with E-state index in [0.717, 1.165) is 43.5 Å².